The van der Waals surface area contributed by atoms with E-state index in [-0.39, 0.29) is 0 Å². The molecule has 1 saturated carbocycles. The zero-order chi connectivity index (χ0) is 18.9. The minimum Gasteiger partial charge on any atom is -0.323 e. The molecule has 0 amide bonds. The summed E-state index contributed by atoms with van der Waals surface area (Å²) < 4.78 is 1.80. The van der Waals surface area contributed by atoms with Gasteiger partial charge in [0.2, 0.25) is 5.95 Å². The van der Waals surface area contributed by atoms with Crippen LogP contribution in [0.4, 0.5) is 11.6 Å². The van der Waals surface area contributed by atoms with Crippen LogP contribution in [0.1, 0.15) is 42.7 Å². The number of piperidine rings is 1. The molecule has 2 fully saturated rings. The van der Waals surface area contributed by atoms with Crippen LogP contribution in [0.5, 0.6) is 0 Å². The van der Waals surface area contributed by atoms with Crippen molar-refractivity contribution in [2.24, 2.45) is 0 Å². The molecule has 0 unspecified atom stereocenters. The van der Waals surface area contributed by atoms with Crippen molar-refractivity contribution in [1.82, 2.24) is 19.7 Å². The summed E-state index contributed by atoms with van der Waals surface area (Å²) in [4.78, 5) is 7.12. The summed E-state index contributed by atoms with van der Waals surface area (Å²) in [7, 11) is 0. The number of likely N-dealkylation sites (tertiary alicyclic amines) is 1. The lowest BCUT2D eigenvalue weighted by Gasteiger charge is -2.32. The van der Waals surface area contributed by atoms with E-state index < -0.39 is 0 Å². The molecule has 1 aromatic heterocycles. The first-order valence-electron chi connectivity index (χ1n) is 10.3. The fraction of sp³-hybridized carbons (Fsp3) is 0.391. The third kappa shape index (κ3) is 3.80. The van der Waals surface area contributed by atoms with Gasteiger partial charge in [-0.15, -0.1) is 5.10 Å². The number of aromatic nitrogens is 3. The van der Waals surface area contributed by atoms with E-state index in [2.05, 4.69) is 45.4 Å². The lowest BCUT2D eigenvalue weighted by molar-refractivity contribution is 0.203. The normalized spacial score (nSPS) is 18.3. The van der Waals surface area contributed by atoms with Gasteiger partial charge >= 0.3 is 0 Å². The lowest BCUT2D eigenvalue weighted by atomic mass is 9.88. The number of anilines is 2. The van der Waals surface area contributed by atoms with E-state index in [9.17, 15) is 0 Å². The van der Waals surface area contributed by atoms with Gasteiger partial charge in [-0.05, 0) is 87.0 Å². The van der Waals surface area contributed by atoms with Crippen LogP contribution in [0.15, 0.2) is 54.9 Å². The first-order chi connectivity index (χ1) is 13.7. The maximum absolute atomic E-state index is 4.57. The van der Waals surface area contributed by atoms with Gasteiger partial charge in [-0.1, -0.05) is 24.3 Å². The second-order valence-electron chi connectivity index (χ2n) is 8.15. The number of benzene rings is 2. The first-order valence-corrected chi connectivity index (χ1v) is 10.3. The maximum atomic E-state index is 4.57. The Kier molecular flexibility index (Phi) is 4.61. The van der Waals surface area contributed by atoms with Gasteiger partial charge in [0.05, 0.1) is 5.69 Å². The minimum atomic E-state index is 0.629. The van der Waals surface area contributed by atoms with E-state index in [0.29, 0.717) is 11.9 Å². The van der Waals surface area contributed by atoms with Gasteiger partial charge in [0.1, 0.15) is 6.33 Å². The monoisotopic (exact) mass is 373 g/mol. The zero-order valence-electron chi connectivity index (χ0n) is 16.4. The van der Waals surface area contributed by atoms with E-state index in [1.807, 2.05) is 30.3 Å². The van der Waals surface area contributed by atoms with E-state index in [1.54, 1.807) is 11.0 Å². The Balaban J connectivity index is 1.30. The van der Waals surface area contributed by atoms with Crippen LogP contribution in [0.25, 0.3) is 5.69 Å². The third-order valence-electron chi connectivity index (χ3n) is 5.93. The van der Waals surface area contributed by atoms with E-state index in [1.165, 1.54) is 49.9 Å². The number of hydrogen-bond acceptors (Lipinski definition) is 4. The predicted octanol–water partition coefficient (Wildman–Crippen LogP) is 4.66. The standard InChI is InChI=1S/C23H27N5/c1-17-13-19(18-9-11-27(12-10-18)21-7-8-21)15-20(14-17)25-23-24-16-28(26-23)22-5-3-2-4-6-22/h2-6,13-16,18,21H,7-12H2,1H3,(H,25,26). The molecule has 5 nitrogen and oxygen atoms in total. The number of hydrogen-bond donors (Lipinski definition) is 1. The van der Waals surface area contributed by atoms with Crippen molar-refractivity contribution in [2.75, 3.05) is 18.4 Å². The van der Waals surface area contributed by atoms with Gasteiger partial charge in [0.15, 0.2) is 0 Å². The molecule has 5 rings (SSSR count). The highest BCUT2D eigenvalue weighted by molar-refractivity contribution is 5.56. The third-order valence-corrected chi connectivity index (χ3v) is 5.93. The van der Waals surface area contributed by atoms with Gasteiger partial charge in [0, 0.05) is 11.7 Å². The molecule has 1 aliphatic heterocycles. The molecule has 0 radical (unpaired) electrons. The molecule has 3 aromatic rings. The summed E-state index contributed by atoms with van der Waals surface area (Å²) in [6, 6.07) is 17.8. The second kappa shape index (κ2) is 7.40. The Morgan fingerprint density at radius 2 is 1.75 bits per heavy atom. The Bertz CT molecular complexity index is 937. The molecule has 0 bridgehead atoms. The summed E-state index contributed by atoms with van der Waals surface area (Å²) in [5, 5.41) is 7.97. The lowest BCUT2D eigenvalue weighted by Crippen LogP contribution is -2.34. The smallest absolute Gasteiger partial charge is 0.246 e. The SMILES string of the molecule is Cc1cc(Nc2ncn(-c3ccccc3)n2)cc(C2CCN(C3CC3)CC2)c1. The number of para-hydroxylation sites is 1. The quantitative estimate of drug-likeness (QED) is 0.706. The second-order valence-corrected chi connectivity index (χ2v) is 8.15. The van der Waals surface area contributed by atoms with Crippen LogP contribution >= 0.6 is 0 Å². The van der Waals surface area contributed by atoms with Crippen molar-refractivity contribution in [2.45, 2.75) is 44.6 Å². The summed E-state index contributed by atoms with van der Waals surface area (Å²) in [6.07, 6.45) is 7.10. The van der Waals surface area contributed by atoms with Gasteiger partial charge in [-0.3, -0.25) is 0 Å². The average molecular weight is 374 g/mol. The van der Waals surface area contributed by atoms with Crippen LogP contribution in [0.3, 0.4) is 0 Å². The highest BCUT2D eigenvalue weighted by Gasteiger charge is 2.32. The Morgan fingerprint density at radius 1 is 0.964 bits per heavy atom. The number of aryl methyl sites for hydroxylation is 1. The molecule has 0 atom stereocenters. The minimum absolute atomic E-state index is 0.629. The number of nitrogens with one attached hydrogen (secondary N) is 1. The van der Waals surface area contributed by atoms with Gasteiger partial charge in [-0.2, -0.15) is 4.98 Å². The molecule has 2 aliphatic rings. The van der Waals surface area contributed by atoms with E-state index in [4.69, 9.17) is 0 Å². The highest BCUT2D eigenvalue weighted by Crippen LogP contribution is 2.35. The molecule has 2 heterocycles. The largest absolute Gasteiger partial charge is 0.323 e. The van der Waals surface area contributed by atoms with Gasteiger partial charge in [0.25, 0.3) is 0 Å². The molecule has 5 heteroatoms. The number of rotatable bonds is 5. The molecule has 28 heavy (non-hydrogen) atoms. The van der Waals surface area contributed by atoms with Crippen LogP contribution in [0.2, 0.25) is 0 Å². The molecule has 144 valence electrons. The maximum Gasteiger partial charge on any atom is 0.246 e. The van der Waals surface area contributed by atoms with Crippen molar-refractivity contribution >= 4 is 11.6 Å². The molecular weight excluding hydrogens is 346 g/mol. The summed E-state index contributed by atoms with van der Waals surface area (Å²) >= 11 is 0. The summed E-state index contributed by atoms with van der Waals surface area (Å²) in [5.41, 5.74) is 4.81. The molecule has 1 aliphatic carbocycles. The van der Waals surface area contributed by atoms with Crippen molar-refractivity contribution in [3.63, 3.8) is 0 Å². The van der Waals surface area contributed by atoms with Gasteiger partial charge in [-0.25, -0.2) is 4.68 Å². The van der Waals surface area contributed by atoms with E-state index in [0.717, 1.165) is 17.4 Å². The molecule has 1 saturated heterocycles. The Labute approximate surface area is 166 Å². The first kappa shape index (κ1) is 17.4. The zero-order valence-corrected chi connectivity index (χ0v) is 16.4. The molecule has 1 N–H and O–H groups in total. The topological polar surface area (TPSA) is 46.0 Å². The molecule has 0 spiro atoms. The average Bonchev–Trinajstić information content (AvgIpc) is 3.47. The fourth-order valence-corrected chi connectivity index (χ4v) is 4.31. The molecule has 2 aromatic carbocycles. The Hall–Kier alpha value is -2.66. The van der Waals surface area contributed by atoms with Crippen molar-refractivity contribution in [3.05, 3.63) is 66.0 Å². The van der Waals surface area contributed by atoms with Crippen molar-refractivity contribution < 1.29 is 0 Å². The number of nitrogens with zero attached hydrogens (tertiary/aromatic N) is 4. The van der Waals surface area contributed by atoms with E-state index >= 15 is 0 Å². The van der Waals surface area contributed by atoms with Crippen LogP contribution in [-0.2, 0) is 0 Å². The van der Waals surface area contributed by atoms with Crippen molar-refractivity contribution in [3.8, 4) is 5.69 Å². The summed E-state index contributed by atoms with van der Waals surface area (Å²) in [6.45, 7) is 4.66. The molecular formula is C23H27N5. The fourth-order valence-electron chi connectivity index (χ4n) is 4.31. The highest BCUT2D eigenvalue weighted by atomic mass is 15.4. The predicted molar refractivity (Wildman–Crippen MR) is 112 cm³/mol. The Morgan fingerprint density at radius 3 is 2.50 bits per heavy atom. The van der Waals surface area contributed by atoms with Crippen LogP contribution in [-0.4, -0.2) is 38.8 Å². The van der Waals surface area contributed by atoms with Crippen LogP contribution in [0, 0.1) is 6.92 Å². The van der Waals surface area contributed by atoms with Gasteiger partial charge < -0.3 is 10.2 Å². The van der Waals surface area contributed by atoms with Crippen LogP contribution < -0.4 is 5.32 Å². The summed E-state index contributed by atoms with van der Waals surface area (Å²) in [5.74, 6) is 1.29. The van der Waals surface area contributed by atoms with Crippen molar-refractivity contribution in [1.29, 1.82) is 0 Å².